The Kier molecular flexibility index (Phi) is 9.38. The second-order valence-electron chi connectivity index (χ2n) is 12.2. The molecule has 0 aromatic carbocycles. The lowest BCUT2D eigenvalue weighted by molar-refractivity contribution is -0.137. The molecule has 0 aliphatic carbocycles. The average molecular weight is 624 g/mol. The zero-order valence-corrected chi connectivity index (χ0v) is 26.8. The van der Waals surface area contributed by atoms with E-state index in [1.807, 2.05) is 40.7 Å². The average Bonchev–Trinajstić information content (AvgIpc) is 3.53. The van der Waals surface area contributed by atoms with Crippen molar-refractivity contribution in [3.63, 3.8) is 0 Å². The minimum absolute atomic E-state index is 0.0302. The molecule has 2 aromatic rings. The second-order valence-corrected chi connectivity index (χ2v) is 13.6. The number of H-pyrrole nitrogens is 2. The maximum atomic E-state index is 12.6. The number of aliphatic hydroxyl groups excluding tert-OH is 1. The number of carboxylic acids is 1. The van der Waals surface area contributed by atoms with Crippen molar-refractivity contribution in [3.8, 4) is 0 Å². The number of aromatic nitrogens is 2. The van der Waals surface area contributed by atoms with E-state index >= 15 is 0 Å². The molecule has 3 aliphatic heterocycles. The van der Waals surface area contributed by atoms with Crippen LogP contribution in [0.1, 0.15) is 73.7 Å². The molecule has 44 heavy (non-hydrogen) atoms. The van der Waals surface area contributed by atoms with Gasteiger partial charge in [0.25, 0.3) is 5.91 Å². The Morgan fingerprint density at radius 2 is 1.82 bits per heavy atom. The summed E-state index contributed by atoms with van der Waals surface area (Å²) in [5.41, 5.74) is 7.73. The molecule has 6 N–H and O–H groups in total. The number of aliphatic imine (C=N–C) groups is 1. The van der Waals surface area contributed by atoms with E-state index in [0.29, 0.717) is 30.9 Å². The fourth-order valence-electron chi connectivity index (χ4n) is 6.73. The SMILES string of the molecule is CCC1=C(C)C(Cc2[nH]c(/C=c3\[nH]/c(=C/C4NC(=O)[C@H](C)[C@H]4[C@H]4C[SH+]4)c(C)c3CCC(=O)O)c(CCC(O)O)c2C)=NC1=O. The minimum Gasteiger partial charge on any atom is -0.481 e. The molecule has 0 bridgehead atoms. The van der Waals surface area contributed by atoms with E-state index in [4.69, 9.17) is 0 Å². The van der Waals surface area contributed by atoms with Gasteiger partial charge in [0.1, 0.15) is 0 Å². The molecule has 11 heteroatoms. The van der Waals surface area contributed by atoms with E-state index in [9.17, 15) is 29.7 Å². The van der Waals surface area contributed by atoms with Crippen LogP contribution in [0.15, 0.2) is 16.1 Å². The number of carboxylic acid groups (broad SMARTS) is 1. The molecule has 0 saturated carbocycles. The van der Waals surface area contributed by atoms with Gasteiger partial charge in [-0.05, 0) is 91.8 Å². The molecule has 1 unspecified atom stereocenters. The number of nitrogens with one attached hydrogen (secondary N) is 3. The Bertz CT molecular complexity index is 1680. The summed E-state index contributed by atoms with van der Waals surface area (Å²) in [6.07, 6.45) is 4.50. The molecule has 0 radical (unpaired) electrons. The highest BCUT2D eigenvalue weighted by Crippen LogP contribution is 2.35. The lowest BCUT2D eigenvalue weighted by Gasteiger charge is -2.12. The van der Waals surface area contributed by atoms with Crippen LogP contribution in [0.25, 0.3) is 12.2 Å². The number of rotatable bonds is 12. The van der Waals surface area contributed by atoms with Gasteiger partial charge in [0.05, 0.1) is 11.8 Å². The Morgan fingerprint density at radius 3 is 2.43 bits per heavy atom. The number of carbonyl (C=O) groups is 3. The quantitative estimate of drug-likeness (QED) is 0.0894. The largest absolute Gasteiger partial charge is 0.481 e. The second kappa shape index (κ2) is 12.9. The summed E-state index contributed by atoms with van der Waals surface area (Å²) in [6.45, 7) is 9.81. The maximum Gasteiger partial charge on any atom is 0.303 e. The van der Waals surface area contributed by atoms with E-state index in [-0.39, 0.29) is 42.5 Å². The summed E-state index contributed by atoms with van der Waals surface area (Å²) in [4.78, 5) is 47.9. The number of nitrogens with zero attached hydrogens (tertiary/aromatic N) is 1. The van der Waals surface area contributed by atoms with Gasteiger partial charge in [0, 0.05) is 58.8 Å². The number of thiol groups is 1. The van der Waals surface area contributed by atoms with Gasteiger partial charge >= 0.3 is 5.97 Å². The van der Waals surface area contributed by atoms with Gasteiger partial charge in [0.15, 0.2) is 17.3 Å². The van der Waals surface area contributed by atoms with Crippen LogP contribution >= 0.6 is 0 Å². The number of aromatic amines is 2. The molecule has 2 saturated heterocycles. The summed E-state index contributed by atoms with van der Waals surface area (Å²) < 4.78 is 0. The summed E-state index contributed by atoms with van der Waals surface area (Å²) in [5, 5.41) is 34.1. The van der Waals surface area contributed by atoms with Crippen molar-refractivity contribution in [2.75, 3.05) is 5.75 Å². The number of amides is 2. The maximum absolute atomic E-state index is 12.6. The fraction of sp³-hybridized carbons (Fsp3) is 0.515. The van der Waals surface area contributed by atoms with Gasteiger partial charge in [-0.1, -0.05) is 13.8 Å². The van der Waals surface area contributed by atoms with Crippen LogP contribution in [0.3, 0.4) is 0 Å². The van der Waals surface area contributed by atoms with Crippen LogP contribution in [0.2, 0.25) is 0 Å². The number of aliphatic carboxylic acids is 1. The highest BCUT2D eigenvalue weighted by Gasteiger charge is 2.53. The Labute approximate surface area is 260 Å². The third kappa shape index (κ3) is 6.50. The van der Waals surface area contributed by atoms with Crippen molar-refractivity contribution in [2.45, 2.75) is 90.7 Å². The van der Waals surface area contributed by atoms with Crippen LogP contribution in [0.5, 0.6) is 0 Å². The topological polar surface area (TPSA) is 168 Å². The van der Waals surface area contributed by atoms with Gasteiger partial charge in [0.2, 0.25) is 5.91 Å². The molecular weight excluding hydrogens is 580 g/mol. The zero-order chi connectivity index (χ0) is 31.9. The summed E-state index contributed by atoms with van der Waals surface area (Å²) in [6, 6.07) is -0.102. The van der Waals surface area contributed by atoms with Crippen molar-refractivity contribution in [3.05, 3.63) is 55.5 Å². The summed E-state index contributed by atoms with van der Waals surface area (Å²) >= 11 is 1.38. The first-order valence-electron chi connectivity index (χ1n) is 15.4. The highest BCUT2D eigenvalue weighted by molar-refractivity contribution is 7.86. The van der Waals surface area contributed by atoms with Crippen LogP contribution < -0.4 is 16.0 Å². The van der Waals surface area contributed by atoms with E-state index in [0.717, 1.165) is 67.0 Å². The molecule has 10 nitrogen and oxygen atoms in total. The van der Waals surface area contributed by atoms with Crippen molar-refractivity contribution < 1.29 is 29.7 Å². The third-order valence-electron chi connectivity index (χ3n) is 9.47. The summed E-state index contributed by atoms with van der Waals surface area (Å²) in [5.74, 6) is 0.267. The zero-order valence-electron chi connectivity index (χ0n) is 26.0. The molecule has 236 valence electrons. The fourth-order valence-corrected chi connectivity index (χ4v) is 7.78. The first-order chi connectivity index (χ1) is 20.9. The standard InChI is InChI=1S/C33H42N4O6S/c1-6-19-15(2)24(36-33(19)43)11-22-16(3)20(7-9-29(38)39)25(34-22)13-26-21(8-10-30(40)41)17(4)23(35-26)12-27-31(28-14-44-28)18(5)32(42)37-27/h12-13,18,27-29,31,34-35,38-39H,6-11,14H2,1-5H3,(H,37,42)(H,40,41)/p+1/b23-12+,26-13-/t18-,27?,28-,31-/m1/s1. The first-order valence-corrected chi connectivity index (χ1v) is 16.5. The first kappa shape index (κ1) is 32.0. The van der Waals surface area contributed by atoms with E-state index in [1.165, 1.54) is 11.8 Å². The highest BCUT2D eigenvalue weighted by atomic mass is 32.2. The van der Waals surface area contributed by atoms with Gasteiger partial charge in [-0.25, -0.2) is 4.99 Å². The Hall–Kier alpha value is -3.41. The molecule has 2 amide bonds. The number of hydrogen-bond donors (Lipinski definition) is 6. The predicted octanol–water partition coefficient (Wildman–Crippen LogP) is 1.03. The van der Waals surface area contributed by atoms with Crippen molar-refractivity contribution >= 4 is 47.4 Å². The van der Waals surface area contributed by atoms with E-state index in [2.05, 4.69) is 26.4 Å². The van der Waals surface area contributed by atoms with Crippen LogP contribution in [-0.4, -0.2) is 72.1 Å². The third-order valence-corrected chi connectivity index (χ3v) is 10.6. The molecular formula is C33H43N4O6S+. The van der Waals surface area contributed by atoms with Gasteiger partial charge in [-0.15, -0.1) is 0 Å². The lowest BCUT2D eigenvalue weighted by atomic mass is 9.89. The van der Waals surface area contributed by atoms with Crippen molar-refractivity contribution in [1.82, 2.24) is 15.3 Å². The summed E-state index contributed by atoms with van der Waals surface area (Å²) in [7, 11) is 0. The van der Waals surface area contributed by atoms with Crippen LogP contribution in [0, 0.1) is 25.7 Å². The normalized spacial score (nSPS) is 24.2. The monoisotopic (exact) mass is 623 g/mol. The number of aliphatic hydroxyl groups is 2. The minimum atomic E-state index is -1.46. The number of hydrogen-bond acceptors (Lipinski definition) is 5. The number of allylic oxidation sites excluding steroid dienone is 1. The number of carbonyl (C=O) groups excluding carboxylic acids is 2. The van der Waals surface area contributed by atoms with Crippen LogP contribution in [0.4, 0.5) is 0 Å². The smallest absolute Gasteiger partial charge is 0.303 e. The molecule has 2 fully saturated rings. The molecule has 4 atom stereocenters. The predicted molar refractivity (Wildman–Crippen MR) is 172 cm³/mol. The van der Waals surface area contributed by atoms with Crippen molar-refractivity contribution in [1.29, 1.82) is 0 Å². The molecule has 3 aliphatic rings. The van der Waals surface area contributed by atoms with Gasteiger partial charge < -0.3 is 30.6 Å². The van der Waals surface area contributed by atoms with Crippen LogP contribution in [-0.2, 0) is 45.4 Å². The Morgan fingerprint density at radius 1 is 1.09 bits per heavy atom. The Balaban J connectivity index is 1.60. The lowest BCUT2D eigenvalue weighted by Crippen LogP contribution is -2.31. The van der Waals surface area contributed by atoms with Gasteiger partial charge in [-0.2, -0.15) is 0 Å². The van der Waals surface area contributed by atoms with E-state index in [1.54, 1.807) is 0 Å². The molecule has 5 heterocycles. The molecule has 0 spiro atoms. The molecule has 5 rings (SSSR count). The van der Waals surface area contributed by atoms with E-state index < -0.39 is 12.3 Å². The van der Waals surface area contributed by atoms with Crippen molar-refractivity contribution in [2.24, 2.45) is 16.8 Å². The molecule has 2 aromatic heterocycles. The van der Waals surface area contributed by atoms with Gasteiger partial charge in [-0.3, -0.25) is 14.4 Å².